The van der Waals surface area contributed by atoms with Crippen LogP contribution in [0.1, 0.15) is 16.8 Å². The van der Waals surface area contributed by atoms with Gasteiger partial charge in [-0.25, -0.2) is 13.1 Å². The van der Waals surface area contributed by atoms with Crippen LogP contribution in [0.25, 0.3) is 0 Å². The van der Waals surface area contributed by atoms with Crippen LogP contribution in [0, 0.1) is 5.92 Å². The van der Waals surface area contributed by atoms with Gasteiger partial charge in [-0.2, -0.15) is 0 Å². The molecule has 3 rings (SSSR count). The third-order valence-corrected chi connectivity index (χ3v) is 5.66. The lowest BCUT2D eigenvalue weighted by molar-refractivity contribution is -0.00924. The predicted molar refractivity (Wildman–Crippen MR) is 74.9 cm³/mol. The van der Waals surface area contributed by atoms with E-state index in [9.17, 15) is 13.2 Å². The van der Waals surface area contributed by atoms with Gasteiger partial charge in [-0.15, -0.1) is 0 Å². The maximum atomic E-state index is 12.3. The van der Waals surface area contributed by atoms with Crippen LogP contribution in [0.15, 0.2) is 29.2 Å². The maximum absolute atomic E-state index is 12.3. The summed E-state index contributed by atoms with van der Waals surface area (Å²) in [7, 11) is -3.70. The van der Waals surface area contributed by atoms with E-state index in [-0.39, 0.29) is 28.5 Å². The van der Waals surface area contributed by atoms with E-state index in [0.29, 0.717) is 6.61 Å². The molecule has 7 nitrogen and oxygen atoms in total. The Labute approximate surface area is 122 Å². The fraction of sp³-hybridized carbons (Fsp3) is 0.462. The Morgan fingerprint density at radius 2 is 1.95 bits per heavy atom. The molecule has 1 saturated carbocycles. The molecule has 1 amide bonds. The predicted octanol–water partition coefficient (Wildman–Crippen LogP) is -0.822. The number of hydrogen-bond donors (Lipinski definition) is 3. The van der Waals surface area contributed by atoms with E-state index in [2.05, 4.69) is 4.72 Å². The fourth-order valence-electron chi connectivity index (χ4n) is 2.94. The standard InChI is InChI=1S/C13H17N3O4S/c14-10-9-5-6-20-12(9)11(10)16-21(18,19)8-3-1-7(2-4-8)13(15)17/h1-4,9-12,16H,5-6,14H2,(H2,15,17). The summed E-state index contributed by atoms with van der Waals surface area (Å²) in [6.07, 6.45) is 0.733. The van der Waals surface area contributed by atoms with E-state index in [0.717, 1.165) is 6.42 Å². The van der Waals surface area contributed by atoms with E-state index in [4.69, 9.17) is 16.2 Å². The normalized spacial score (nSPS) is 31.5. The second-order valence-corrected chi connectivity index (χ2v) is 7.11. The Balaban J connectivity index is 1.76. The average molecular weight is 311 g/mol. The highest BCUT2D eigenvalue weighted by Crippen LogP contribution is 2.38. The van der Waals surface area contributed by atoms with Crippen molar-refractivity contribution >= 4 is 15.9 Å². The largest absolute Gasteiger partial charge is 0.376 e. The van der Waals surface area contributed by atoms with Gasteiger partial charge in [0.05, 0.1) is 17.0 Å². The molecule has 1 heterocycles. The number of nitrogens with two attached hydrogens (primary N) is 2. The number of fused-ring (bicyclic) bond motifs is 1. The lowest BCUT2D eigenvalue weighted by atomic mass is 9.73. The molecule has 2 aliphatic rings. The van der Waals surface area contributed by atoms with Crippen molar-refractivity contribution < 1.29 is 17.9 Å². The van der Waals surface area contributed by atoms with Crippen molar-refractivity contribution in [2.24, 2.45) is 17.4 Å². The molecule has 0 aromatic heterocycles. The second-order valence-electron chi connectivity index (χ2n) is 5.40. The first-order valence-corrected chi connectivity index (χ1v) is 8.18. The topological polar surface area (TPSA) is 125 Å². The van der Waals surface area contributed by atoms with Gasteiger partial charge in [-0.1, -0.05) is 0 Å². The molecule has 114 valence electrons. The van der Waals surface area contributed by atoms with Crippen LogP contribution in [0.3, 0.4) is 0 Å². The minimum atomic E-state index is -3.70. The van der Waals surface area contributed by atoms with Gasteiger partial charge in [0, 0.05) is 24.1 Å². The van der Waals surface area contributed by atoms with Crippen LogP contribution in [-0.2, 0) is 14.8 Å². The van der Waals surface area contributed by atoms with E-state index < -0.39 is 22.0 Å². The van der Waals surface area contributed by atoms with Crippen LogP contribution in [0.5, 0.6) is 0 Å². The SMILES string of the molecule is NC(=O)c1ccc(S(=O)(=O)NC2C(N)C3CCOC32)cc1. The Hall–Kier alpha value is -1.48. The van der Waals surface area contributed by atoms with E-state index in [1.165, 1.54) is 24.3 Å². The quantitative estimate of drug-likeness (QED) is 0.670. The molecule has 0 spiro atoms. The summed E-state index contributed by atoms with van der Waals surface area (Å²) < 4.78 is 32.7. The minimum Gasteiger partial charge on any atom is -0.376 e. The molecule has 21 heavy (non-hydrogen) atoms. The Bertz CT molecular complexity index is 658. The van der Waals surface area contributed by atoms with Crippen LogP contribution in [0.2, 0.25) is 0 Å². The van der Waals surface area contributed by atoms with E-state index in [1.54, 1.807) is 0 Å². The van der Waals surface area contributed by atoms with Gasteiger partial charge >= 0.3 is 0 Å². The monoisotopic (exact) mass is 311 g/mol. The summed E-state index contributed by atoms with van der Waals surface area (Å²) >= 11 is 0. The van der Waals surface area contributed by atoms with Crippen molar-refractivity contribution in [3.63, 3.8) is 0 Å². The van der Waals surface area contributed by atoms with Crippen molar-refractivity contribution in [3.05, 3.63) is 29.8 Å². The van der Waals surface area contributed by atoms with Crippen LogP contribution < -0.4 is 16.2 Å². The van der Waals surface area contributed by atoms with Gasteiger partial charge in [0.2, 0.25) is 15.9 Å². The van der Waals surface area contributed by atoms with Gasteiger partial charge < -0.3 is 16.2 Å². The zero-order valence-electron chi connectivity index (χ0n) is 11.2. The van der Waals surface area contributed by atoms with Crippen molar-refractivity contribution in [2.45, 2.75) is 29.5 Å². The number of benzene rings is 1. The maximum Gasteiger partial charge on any atom is 0.248 e. The Kier molecular flexibility index (Phi) is 3.48. The summed E-state index contributed by atoms with van der Waals surface area (Å²) in [6.45, 7) is 0.620. The van der Waals surface area contributed by atoms with Crippen LogP contribution >= 0.6 is 0 Å². The molecular formula is C13H17N3O4S. The van der Waals surface area contributed by atoms with E-state index >= 15 is 0 Å². The molecular weight excluding hydrogens is 294 g/mol. The third-order valence-electron chi connectivity index (χ3n) is 4.19. The second kappa shape index (κ2) is 5.06. The number of hydrogen-bond acceptors (Lipinski definition) is 5. The number of carbonyl (C=O) groups is 1. The highest BCUT2D eigenvalue weighted by atomic mass is 32.2. The van der Waals surface area contributed by atoms with Gasteiger partial charge in [0.15, 0.2) is 0 Å². The number of ether oxygens (including phenoxy) is 1. The molecule has 0 radical (unpaired) electrons. The Morgan fingerprint density at radius 3 is 2.57 bits per heavy atom. The number of rotatable bonds is 4. The highest BCUT2D eigenvalue weighted by Gasteiger charge is 2.53. The molecule has 1 aromatic carbocycles. The first-order chi connectivity index (χ1) is 9.90. The summed E-state index contributed by atoms with van der Waals surface area (Å²) in [5, 5.41) is 0. The Morgan fingerprint density at radius 1 is 1.29 bits per heavy atom. The van der Waals surface area contributed by atoms with Crippen molar-refractivity contribution in [2.75, 3.05) is 6.61 Å². The molecule has 1 aliphatic carbocycles. The molecule has 1 aliphatic heterocycles. The van der Waals surface area contributed by atoms with Gasteiger partial charge in [-0.05, 0) is 30.7 Å². The molecule has 1 aromatic rings. The summed E-state index contributed by atoms with van der Waals surface area (Å²) in [5.74, 6) is -0.370. The molecule has 4 atom stereocenters. The number of primary amides is 1. The number of amides is 1. The first-order valence-electron chi connectivity index (χ1n) is 6.69. The summed E-state index contributed by atoms with van der Waals surface area (Å²) in [5.41, 5.74) is 11.4. The van der Waals surface area contributed by atoms with Crippen molar-refractivity contribution in [3.8, 4) is 0 Å². The van der Waals surface area contributed by atoms with Gasteiger partial charge in [-0.3, -0.25) is 4.79 Å². The molecule has 0 bridgehead atoms. The summed E-state index contributed by atoms with van der Waals surface area (Å²) in [6, 6.07) is 4.83. The smallest absolute Gasteiger partial charge is 0.248 e. The minimum absolute atomic E-state index is 0.0705. The molecule has 8 heteroatoms. The molecule has 2 fully saturated rings. The highest BCUT2D eigenvalue weighted by molar-refractivity contribution is 7.89. The van der Waals surface area contributed by atoms with Gasteiger partial charge in [0.25, 0.3) is 0 Å². The van der Waals surface area contributed by atoms with E-state index in [1.807, 2.05) is 0 Å². The first kappa shape index (κ1) is 14.5. The third kappa shape index (κ3) is 2.44. The zero-order chi connectivity index (χ0) is 15.2. The lowest BCUT2D eigenvalue weighted by Crippen LogP contribution is -2.68. The molecule has 4 unspecified atom stereocenters. The molecule has 5 N–H and O–H groups in total. The van der Waals surface area contributed by atoms with Crippen molar-refractivity contribution in [1.82, 2.24) is 4.72 Å². The molecule has 1 saturated heterocycles. The van der Waals surface area contributed by atoms with Crippen molar-refractivity contribution in [1.29, 1.82) is 0 Å². The lowest BCUT2D eigenvalue weighted by Gasteiger charge is -2.45. The zero-order valence-corrected chi connectivity index (χ0v) is 12.0. The summed E-state index contributed by atoms with van der Waals surface area (Å²) in [4.78, 5) is 11.1. The van der Waals surface area contributed by atoms with Gasteiger partial charge in [0.1, 0.15) is 0 Å². The number of sulfonamides is 1. The number of carbonyl (C=O) groups excluding carboxylic acids is 1. The number of nitrogens with one attached hydrogen (secondary N) is 1. The fourth-order valence-corrected chi connectivity index (χ4v) is 4.22. The van der Waals surface area contributed by atoms with Crippen LogP contribution in [-0.4, -0.2) is 39.1 Å². The van der Waals surface area contributed by atoms with Crippen LogP contribution in [0.4, 0.5) is 0 Å². The average Bonchev–Trinajstić information content (AvgIpc) is 2.90.